The van der Waals surface area contributed by atoms with Crippen LogP contribution in [0.2, 0.25) is 0 Å². The fourth-order valence-electron chi connectivity index (χ4n) is 14.0. The maximum Gasteiger partial charge on any atom is 0.220 e. The molecule has 3 aliphatic heterocycles. The molecule has 111 heavy (non-hydrogen) atoms. The van der Waals surface area contributed by atoms with Crippen molar-refractivity contribution >= 4 is 5.91 Å². The Kier molecular flexibility index (Phi) is 63.9. The molecule has 0 aromatic carbocycles. The van der Waals surface area contributed by atoms with Gasteiger partial charge in [-0.05, 0) is 103 Å². The quantitative estimate of drug-likeness (QED) is 0.0199. The largest absolute Gasteiger partial charge is 0.394 e. The number of aliphatic hydroxyl groups is 11. The topological polar surface area (TPSA) is 307 Å². The van der Waals surface area contributed by atoms with Crippen LogP contribution in [0.1, 0.15) is 309 Å². The Balaban J connectivity index is 1.37. The maximum absolute atomic E-state index is 13.5. The lowest BCUT2D eigenvalue weighted by Crippen LogP contribution is -2.66. The number of ether oxygens (including phenoxy) is 6. The molecule has 3 aliphatic rings. The molecule has 19 heteroatoms. The van der Waals surface area contributed by atoms with Gasteiger partial charge in [-0.2, -0.15) is 0 Å². The van der Waals surface area contributed by atoms with Crippen molar-refractivity contribution in [3.63, 3.8) is 0 Å². The molecule has 0 aliphatic carbocycles. The van der Waals surface area contributed by atoms with Crippen LogP contribution in [0.25, 0.3) is 0 Å². The van der Waals surface area contributed by atoms with Crippen LogP contribution in [0.3, 0.4) is 0 Å². The Hall–Kier alpha value is -4.07. The molecule has 0 saturated carbocycles. The zero-order chi connectivity index (χ0) is 80.3. The highest BCUT2D eigenvalue weighted by molar-refractivity contribution is 5.76. The predicted molar refractivity (Wildman–Crippen MR) is 447 cm³/mol. The predicted octanol–water partition coefficient (Wildman–Crippen LogP) is 16.4. The van der Waals surface area contributed by atoms with Crippen LogP contribution in [-0.2, 0) is 33.2 Å². The Morgan fingerprint density at radius 3 is 1.01 bits per heavy atom. The van der Waals surface area contributed by atoms with Crippen LogP contribution in [0.4, 0.5) is 0 Å². The van der Waals surface area contributed by atoms with E-state index in [9.17, 15) is 61.0 Å². The summed E-state index contributed by atoms with van der Waals surface area (Å²) in [4.78, 5) is 13.5. The van der Waals surface area contributed by atoms with E-state index in [4.69, 9.17) is 28.4 Å². The summed E-state index contributed by atoms with van der Waals surface area (Å²) in [5.74, 6) is -0.307. The SMILES string of the molecule is CC/C=C\C/C=C\C/C=C\C/C=C\C/C=C\C/C=C\C/C=C\C/C=C\C/C=C\CCCCCCCC(=O)NC(COC1OC(CO)C(OC2OC(CO)C(OC3OC(CO)C(O)C(O)C3O)C(O)C2O)C(O)C1O)C(O)/C=C/CC/C=C/CCCCCCCCCCCCCCCCCCCCCCCCCCCCC. The number of allylic oxidation sites excluding steroid dienone is 21. The molecule has 17 unspecified atom stereocenters. The molecule has 12 N–H and O–H groups in total. The monoisotopic (exact) mass is 1560 g/mol. The molecule has 638 valence electrons. The summed E-state index contributed by atoms with van der Waals surface area (Å²) < 4.78 is 34.5. The number of nitrogens with one attached hydrogen (secondary N) is 1. The minimum atomic E-state index is -1.99. The summed E-state index contributed by atoms with van der Waals surface area (Å²) in [5.41, 5.74) is 0. The molecule has 0 radical (unpaired) electrons. The molecule has 0 aromatic rings. The normalized spacial score (nSPS) is 25.7. The van der Waals surface area contributed by atoms with Crippen molar-refractivity contribution in [1.82, 2.24) is 5.32 Å². The molecular formula is C92H157NO18. The highest BCUT2D eigenvalue weighted by Gasteiger charge is 2.54. The lowest BCUT2D eigenvalue weighted by Gasteiger charge is -2.48. The van der Waals surface area contributed by atoms with Crippen molar-refractivity contribution < 1.29 is 89.4 Å². The molecule has 1 amide bonds. The van der Waals surface area contributed by atoms with Crippen LogP contribution in [0.15, 0.2) is 134 Å². The average molecular weight is 1570 g/mol. The van der Waals surface area contributed by atoms with Gasteiger partial charge in [-0.25, -0.2) is 0 Å². The smallest absolute Gasteiger partial charge is 0.220 e. The lowest BCUT2D eigenvalue weighted by atomic mass is 9.96. The summed E-state index contributed by atoms with van der Waals surface area (Å²) >= 11 is 0. The molecule has 3 heterocycles. The van der Waals surface area contributed by atoms with Gasteiger partial charge in [0.15, 0.2) is 18.9 Å². The van der Waals surface area contributed by atoms with Gasteiger partial charge in [0, 0.05) is 6.42 Å². The molecule has 19 nitrogen and oxygen atoms in total. The molecule has 0 spiro atoms. The first kappa shape index (κ1) is 101. The van der Waals surface area contributed by atoms with Crippen molar-refractivity contribution in [1.29, 1.82) is 0 Å². The number of hydrogen-bond acceptors (Lipinski definition) is 18. The maximum atomic E-state index is 13.5. The van der Waals surface area contributed by atoms with Crippen LogP contribution in [0.5, 0.6) is 0 Å². The zero-order valence-electron chi connectivity index (χ0n) is 68.6. The van der Waals surface area contributed by atoms with Gasteiger partial charge in [0.1, 0.15) is 73.2 Å². The van der Waals surface area contributed by atoms with Crippen LogP contribution < -0.4 is 5.32 Å². The van der Waals surface area contributed by atoms with E-state index in [0.717, 1.165) is 109 Å². The summed E-state index contributed by atoms with van der Waals surface area (Å²) in [6, 6.07) is -1.01. The van der Waals surface area contributed by atoms with E-state index in [1.165, 1.54) is 167 Å². The Morgan fingerprint density at radius 2 is 0.631 bits per heavy atom. The molecular weight excluding hydrogens is 1410 g/mol. The van der Waals surface area contributed by atoms with E-state index in [1.54, 1.807) is 6.08 Å². The second-order valence-electron chi connectivity index (χ2n) is 30.6. The fourth-order valence-corrected chi connectivity index (χ4v) is 14.0. The highest BCUT2D eigenvalue weighted by Crippen LogP contribution is 2.33. The van der Waals surface area contributed by atoms with Crippen molar-refractivity contribution in [2.45, 2.75) is 413 Å². The average Bonchev–Trinajstić information content (AvgIpc) is 0.780. The minimum absolute atomic E-state index is 0.204. The van der Waals surface area contributed by atoms with Crippen molar-refractivity contribution in [3.05, 3.63) is 134 Å². The van der Waals surface area contributed by atoms with E-state index < -0.39 is 124 Å². The number of amides is 1. The molecule has 3 saturated heterocycles. The Bertz CT molecular complexity index is 2530. The lowest BCUT2D eigenvalue weighted by molar-refractivity contribution is -0.379. The van der Waals surface area contributed by atoms with Crippen LogP contribution in [0, 0.1) is 0 Å². The second-order valence-corrected chi connectivity index (χ2v) is 30.6. The first-order valence-electron chi connectivity index (χ1n) is 43.9. The van der Waals surface area contributed by atoms with Gasteiger partial charge < -0.3 is 89.9 Å². The highest BCUT2D eigenvalue weighted by atomic mass is 16.8. The summed E-state index contributed by atoms with van der Waals surface area (Å²) in [5, 5.41) is 121. The third-order valence-electron chi connectivity index (χ3n) is 20.9. The van der Waals surface area contributed by atoms with E-state index in [0.29, 0.717) is 12.8 Å². The molecule has 0 aromatic heterocycles. The summed E-state index contributed by atoms with van der Waals surface area (Å²) in [6.07, 6.45) is 74.5. The molecule has 17 atom stereocenters. The van der Waals surface area contributed by atoms with Gasteiger partial charge in [-0.15, -0.1) is 0 Å². The Labute approximate surface area is 670 Å². The van der Waals surface area contributed by atoms with Gasteiger partial charge in [0.05, 0.1) is 38.6 Å². The number of aliphatic hydroxyl groups excluding tert-OH is 11. The van der Waals surface area contributed by atoms with Crippen LogP contribution in [-0.4, -0.2) is 193 Å². The van der Waals surface area contributed by atoms with Gasteiger partial charge in [0.2, 0.25) is 5.91 Å². The number of unbranched alkanes of at least 4 members (excludes halogenated alkanes) is 33. The van der Waals surface area contributed by atoms with Crippen molar-refractivity contribution in [2.24, 2.45) is 0 Å². The first-order valence-corrected chi connectivity index (χ1v) is 43.9. The molecule has 3 rings (SSSR count). The van der Waals surface area contributed by atoms with Crippen molar-refractivity contribution in [2.75, 3.05) is 26.4 Å². The van der Waals surface area contributed by atoms with Gasteiger partial charge >= 0.3 is 0 Å². The third-order valence-corrected chi connectivity index (χ3v) is 20.9. The van der Waals surface area contributed by atoms with E-state index in [2.05, 4.69) is 141 Å². The number of carbonyl (C=O) groups excluding carboxylic acids is 1. The standard InChI is InChI=1S/C92H157NO18/c1-3-5-7-9-11-13-15-17-19-21-23-25-27-29-31-33-35-37-39-41-43-45-47-49-51-53-55-57-59-61-63-65-67-69-76(97)75(74-106-90-86(104)83(101)88(78(72-95)108-90)111-92-87(105)84(102)89(79(73-96)109-92)110-91-85(103)82(100)81(99)77(71-94)107-91)93-80(98)70-68-66-64-62-60-58-56-54-52-50-48-46-44-42-40-38-36-34-32-30-28-26-24-22-20-18-16-14-12-10-8-6-4-2/h6,8,12,14,18,20,24,26,30,32,36,38,42,44,48,50,54,56,59,61,67,69,75-79,81-92,94-97,99-105H,3-5,7,9-11,13,15-17,19,21-23,25,27-29,31,33-35,37,39-41,43,45-47,49,51-53,55,57-58,60,62-66,68,70-74H2,1-2H3,(H,93,98)/b8-6-,14-12-,20-18-,26-24-,32-30-,38-36-,44-42-,50-48-,56-54-,61-59+,69-67+. The summed E-state index contributed by atoms with van der Waals surface area (Å²) in [7, 11) is 0. The van der Waals surface area contributed by atoms with E-state index in [-0.39, 0.29) is 18.9 Å². The first-order chi connectivity index (χ1) is 54.3. The summed E-state index contributed by atoms with van der Waals surface area (Å²) in [6.45, 7) is 1.61. The third kappa shape index (κ3) is 48.9. The Morgan fingerprint density at radius 1 is 0.333 bits per heavy atom. The van der Waals surface area contributed by atoms with E-state index in [1.807, 2.05) is 6.08 Å². The number of carbonyl (C=O) groups is 1. The number of rotatable bonds is 69. The zero-order valence-corrected chi connectivity index (χ0v) is 68.6. The van der Waals surface area contributed by atoms with Gasteiger partial charge in [0.25, 0.3) is 0 Å². The van der Waals surface area contributed by atoms with E-state index >= 15 is 0 Å². The minimum Gasteiger partial charge on any atom is -0.394 e. The second kappa shape index (κ2) is 70.2. The van der Waals surface area contributed by atoms with Gasteiger partial charge in [-0.3, -0.25) is 4.79 Å². The van der Waals surface area contributed by atoms with Crippen LogP contribution >= 0.6 is 0 Å². The number of hydrogen-bond donors (Lipinski definition) is 12. The molecule has 0 bridgehead atoms. The molecule has 3 fully saturated rings. The fraction of sp³-hybridized carbons (Fsp3) is 0.750. The van der Waals surface area contributed by atoms with Crippen molar-refractivity contribution in [3.8, 4) is 0 Å². The van der Waals surface area contributed by atoms with Gasteiger partial charge in [-0.1, -0.05) is 334 Å².